The molecule has 0 unspecified atom stereocenters. The van der Waals surface area contributed by atoms with Crippen LogP contribution in [0.5, 0.6) is 0 Å². The van der Waals surface area contributed by atoms with Crippen LogP contribution in [-0.4, -0.2) is 22.0 Å². The number of aromatic nitrogens is 1. The summed E-state index contributed by atoms with van der Waals surface area (Å²) in [6, 6.07) is 11.9. The lowest BCUT2D eigenvalue weighted by Gasteiger charge is -2.06. The summed E-state index contributed by atoms with van der Waals surface area (Å²) >= 11 is 0. The molecule has 3 N–H and O–H groups in total. The predicted octanol–water partition coefficient (Wildman–Crippen LogP) is 2.60. The summed E-state index contributed by atoms with van der Waals surface area (Å²) in [4.78, 5) is 27.6. The number of rotatable bonds is 4. The molecule has 120 valence electrons. The van der Waals surface area contributed by atoms with Crippen molar-refractivity contribution >= 4 is 34.7 Å². The Balaban J connectivity index is 1.84. The number of carbonyl (C=O) groups is 2. The maximum atomic E-state index is 12.4. The van der Waals surface area contributed by atoms with E-state index in [9.17, 15) is 9.59 Å². The van der Waals surface area contributed by atoms with Crippen molar-refractivity contribution in [2.45, 2.75) is 0 Å². The molecule has 2 heterocycles. The minimum absolute atomic E-state index is 0.135. The van der Waals surface area contributed by atoms with E-state index in [1.165, 1.54) is 11.6 Å². The van der Waals surface area contributed by atoms with Crippen molar-refractivity contribution < 1.29 is 19.2 Å². The van der Waals surface area contributed by atoms with Gasteiger partial charge in [-0.1, -0.05) is 18.2 Å². The quantitative estimate of drug-likeness (QED) is 0.389. The van der Waals surface area contributed by atoms with Crippen molar-refractivity contribution in [2.24, 2.45) is 0 Å². The molecule has 0 saturated carbocycles. The van der Waals surface area contributed by atoms with E-state index in [1.54, 1.807) is 48.7 Å². The number of furan rings is 1. The number of amides is 2. The first-order valence-electron chi connectivity index (χ1n) is 7.04. The molecule has 0 spiro atoms. The molecule has 7 nitrogen and oxygen atoms in total. The molecule has 2 amide bonds. The maximum Gasteiger partial charge on any atom is 0.291 e. The molecule has 0 radical (unpaired) electrons. The first-order valence-corrected chi connectivity index (χ1v) is 7.04. The fourth-order valence-electron chi connectivity index (χ4n) is 2.12. The second kappa shape index (κ2) is 6.76. The van der Waals surface area contributed by atoms with Gasteiger partial charge in [-0.15, -0.1) is 0 Å². The van der Waals surface area contributed by atoms with Crippen LogP contribution in [0.2, 0.25) is 0 Å². The molecule has 0 atom stereocenters. The number of nitrogens with one attached hydrogen (secondary N) is 2. The summed E-state index contributed by atoms with van der Waals surface area (Å²) in [6.07, 6.45) is 4.24. The number of fused-ring (bicyclic) bond motifs is 1. The van der Waals surface area contributed by atoms with Gasteiger partial charge < -0.3 is 9.73 Å². The lowest BCUT2D eigenvalue weighted by Crippen LogP contribution is -2.15. The van der Waals surface area contributed by atoms with Crippen LogP contribution in [0, 0.1) is 0 Å². The highest BCUT2D eigenvalue weighted by molar-refractivity contribution is 6.05. The third kappa shape index (κ3) is 3.31. The zero-order valence-corrected chi connectivity index (χ0v) is 12.4. The average molecular weight is 323 g/mol. The molecule has 0 saturated heterocycles. The minimum atomic E-state index is -0.667. The summed E-state index contributed by atoms with van der Waals surface area (Å²) in [5.41, 5.74) is 3.72. The number of nitrogens with zero attached hydrogens (tertiary/aromatic N) is 1. The molecule has 3 rings (SSSR count). The lowest BCUT2D eigenvalue weighted by molar-refractivity contribution is -0.124. The number of carbonyl (C=O) groups excluding carboxylic acids is 2. The Bertz CT molecular complexity index is 897. The first-order chi connectivity index (χ1) is 11.7. The fraction of sp³-hybridized carbons (Fsp3) is 0. The molecule has 2 aromatic heterocycles. The largest absolute Gasteiger partial charge is 0.449 e. The van der Waals surface area contributed by atoms with Gasteiger partial charge in [0, 0.05) is 24.0 Å². The van der Waals surface area contributed by atoms with Gasteiger partial charge in [-0.05, 0) is 29.8 Å². The van der Waals surface area contributed by atoms with Crippen molar-refractivity contribution in [1.82, 2.24) is 10.5 Å². The van der Waals surface area contributed by atoms with E-state index in [0.29, 0.717) is 22.4 Å². The summed E-state index contributed by atoms with van der Waals surface area (Å²) < 4.78 is 5.47. The number of benzene rings is 1. The molecule has 0 aliphatic rings. The van der Waals surface area contributed by atoms with Crippen LogP contribution in [0.1, 0.15) is 16.1 Å². The molecular weight excluding hydrogens is 310 g/mol. The molecule has 0 aliphatic heterocycles. The average Bonchev–Trinajstić information content (AvgIpc) is 3.05. The van der Waals surface area contributed by atoms with Gasteiger partial charge >= 0.3 is 0 Å². The minimum Gasteiger partial charge on any atom is -0.449 e. The van der Waals surface area contributed by atoms with E-state index < -0.39 is 11.8 Å². The van der Waals surface area contributed by atoms with Gasteiger partial charge in [0.05, 0.1) is 0 Å². The molecule has 24 heavy (non-hydrogen) atoms. The van der Waals surface area contributed by atoms with Crippen molar-refractivity contribution in [3.05, 3.63) is 66.1 Å². The normalized spacial score (nSPS) is 10.9. The van der Waals surface area contributed by atoms with Gasteiger partial charge in [-0.25, -0.2) is 5.48 Å². The Hall–Kier alpha value is -3.45. The van der Waals surface area contributed by atoms with Crippen LogP contribution < -0.4 is 10.8 Å². The van der Waals surface area contributed by atoms with E-state index in [-0.39, 0.29) is 5.76 Å². The number of pyridine rings is 1. The van der Waals surface area contributed by atoms with E-state index in [2.05, 4.69) is 10.3 Å². The van der Waals surface area contributed by atoms with Crippen LogP contribution in [0.4, 0.5) is 5.69 Å². The van der Waals surface area contributed by atoms with Gasteiger partial charge in [-0.2, -0.15) is 0 Å². The third-order valence-electron chi connectivity index (χ3n) is 3.24. The number of anilines is 1. The van der Waals surface area contributed by atoms with Crippen LogP contribution >= 0.6 is 0 Å². The lowest BCUT2D eigenvalue weighted by atomic mass is 10.1. The first kappa shape index (κ1) is 15.4. The summed E-state index contributed by atoms with van der Waals surface area (Å²) in [6.45, 7) is 0. The van der Waals surface area contributed by atoms with E-state index >= 15 is 0 Å². The number of hydrogen-bond donors (Lipinski definition) is 3. The van der Waals surface area contributed by atoms with E-state index in [4.69, 9.17) is 9.62 Å². The van der Waals surface area contributed by atoms with Gasteiger partial charge in [0.25, 0.3) is 11.8 Å². The Morgan fingerprint density at radius 3 is 2.79 bits per heavy atom. The molecular formula is C17H13N3O4. The highest BCUT2D eigenvalue weighted by Crippen LogP contribution is 2.20. The number of hydrogen-bond acceptors (Lipinski definition) is 5. The Kier molecular flexibility index (Phi) is 4.35. The van der Waals surface area contributed by atoms with Gasteiger partial charge in [-0.3, -0.25) is 19.8 Å². The number of para-hydroxylation sites is 1. The third-order valence-corrected chi connectivity index (χ3v) is 3.24. The molecule has 1 aromatic carbocycles. The summed E-state index contributed by atoms with van der Waals surface area (Å²) in [5.74, 6) is -0.962. The van der Waals surface area contributed by atoms with Crippen molar-refractivity contribution in [3.8, 4) is 0 Å². The predicted molar refractivity (Wildman–Crippen MR) is 87.4 cm³/mol. The van der Waals surface area contributed by atoms with Gasteiger partial charge in [0.1, 0.15) is 5.52 Å². The standard InChI is InChI=1S/C17H13N3O4/c21-16(20-23)8-7-11-4-1-2-5-12(11)19-17(22)15-10-13-14(24-15)6-3-9-18-13/h1-10,23H,(H,19,22)(H,20,21). The zero-order chi connectivity index (χ0) is 16.9. The smallest absolute Gasteiger partial charge is 0.291 e. The summed E-state index contributed by atoms with van der Waals surface area (Å²) in [7, 11) is 0. The van der Waals surface area contributed by atoms with Crippen LogP contribution in [0.25, 0.3) is 17.2 Å². The molecule has 0 aliphatic carbocycles. The van der Waals surface area contributed by atoms with Crippen molar-refractivity contribution in [1.29, 1.82) is 0 Å². The Morgan fingerprint density at radius 2 is 2.00 bits per heavy atom. The highest BCUT2D eigenvalue weighted by Gasteiger charge is 2.14. The van der Waals surface area contributed by atoms with Gasteiger partial charge in [0.15, 0.2) is 11.3 Å². The fourth-order valence-corrected chi connectivity index (χ4v) is 2.12. The van der Waals surface area contributed by atoms with Crippen molar-refractivity contribution in [3.63, 3.8) is 0 Å². The van der Waals surface area contributed by atoms with Crippen LogP contribution in [0.3, 0.4) is 0 Å². The molecule has 7 heteroatoms. The highest BCUT2D eigenvalue weighted by atomic mass is 16.5. The second-order valence-electron chi connectivity index (χ2n) is 4.85. The monoisotopic (exact) mass is 323 g/mol. The van der Waals surface area contributed by atoms with Crippen LogP contribution in [0.15, 0.2) is 59.2 Å². The molecule has 3 aromatic rings. The van der Waals surface area contributed by atoms with Crippen molar-refractivity contribution in [2.75, 3.05) is 5.32 Å². The van der Waals surface area contributed by atoms with Crippen LogP contribution in [-0.2, 0) is 4.79 Å². The van der Waals surface area contributed by atoms with Gasteiger partial charge in [0.2, 0.25) is 0 Å². The number of hydroxylamine groups is 1. The Morgan fingerprint density at radius 1 is 1.17 bits per heavy atom. The molecule has 0 fully saturated rings. The zero-order valence-electron chi connectivity index (χ0n) is 12.4. The summed E-state index contributed by atoms with van der Waals surface area (Å²) in [5, 5.41) is 11.2. The van der Waals surface area contributed by atoms with E-state index in [1.807, 2.05) is 0 Å². The molecule has 0 bridgehead atoms. The topological polar surface area (TPSA) is 104 Å². The second-order valence-corrected chi connectivity index (χ2v) is 4.85. The van der Waals surface area contributed by atoms with E-state index in [0.717, 1.165) is 6.08 Å². The maximum absolute atomic E-state index is 12.4. The SMILES string of the molecule is O=C(C=Cc1ccccc1NC(=O)c1cc2ncccc2o1)NO. The Labute approximate surface area is 136 Å².